The number of nitrogens with zero attached hydrogens (tertiary/aromatic N) is 4. The summed E-state index contributed by atoms with van der Waals surface area (Å²) in [6.45, 7) is 4.48. The second-order valence-electron chi connectivity index (χ2n) is 13.2. The summed E-state index contributed by atoms with van der Waals surface area (Å²) in [5, 5.41) is 10.6. The van der Waals surface area contributed by atoms with Crippen molar-refractivity contribution in [3.05, 3.63) is 72.1 Å². The van der Waals surface area contributed by atoms with Gasteiger partial charge in [-0.15, -0.1) is 0 Å². The molecule has 1 N–H and O–H groups in total. The summed E-state index contributed by atoms with van der Waals surface area (Å²) < 4.78 is 47.3. The summed E-state index contributed by atoms with van der Waals surface area (Å²) in [5.41, 5.74) is 1.66. The van der Waals surface area contributed by atoms with Crippen molar-refractivity contribution in [2.24, 2.45) is 0 Å². The van der Waals surface area contributed by atoms with Crippen molar-refractivity contribution in [1.82, 2.24) is 18.7 Å². The van der Waals surface area contributed by atoms with Crippen LogP contribution in [0.4, 0.5) is 0 Å². The lowest BCUT2D eigenvalue weighted by atomic mass is 9.92. The average molecular weight is 709 g/mol. The Labute approximate surface area is 294 Å². The standard InChI is InChI=1S/C37H48N4O8S/c1-27(43)41-26-33(32-8-4-5-9-34(32)41)28-24-35(37(44)39-18-14-29(15-19-39)38-16-6-3-7-17-38)49-36(25-28)48-23-21-40(20-22-42)50(45,46)31-12-10-30(47-2)11-13-31/h4-5,8-13,24,26,28-29,36,42H,3,6-7,14-23,25H2,1-2H3. The van der Waals surface area contributed by atoms with Gasteiger partial charge in [-0.3, -0.25) is 14.2 Å². The third-order valence-electron chi connectivity index (χ3n) is 10.1. The minimum absolute atomic E-state index is 0.0370. The highest BCUT2D eigenvalue weighted by Gasteiger charge is 2.35. The Morgan fingerprint density at radius 3 is 2.38 bits per heavy atom. The van der Waals surface area contributed by atoms with E-state index < -0.39 is 16.3 Å². The van der Waals surface area contributed by atoms with E-state index in [4.69, 9.17) is 14.2 Å². The first kappa shape index (κ1) is 36.1. The molecule has 2 unspecified atom stereocenters. The highest BCUT2D eigenvalue weighted by molar-refractivity contribution is 7.89. The largest absolute Gasteiger partial charge is 0.497 e. The molecule has 0 saturated carbocycles. The third kappa shape index (κ3) is 7.92. The number of fused-ring (bicyclic) bond motifs is 1. The third-order valence-corrected chi connectivity index (χ3v) is 12.0. The highest BCUT2D eigenvalue weighted by Crippen LogP contribution is 2.37. The monoisotopic (exact) mass is 708 g/mol. The molecule has 2 fully saturated rings. The molecule has 3 aliphatic heterocycles. The van der Waals surface area contributed by atoms with Crippen LogP contribution in [0, 0.1) is 0 Å². The molecule has 50 heavy (non-hydrogen) atoms. The maximum absolute atomic E-state index is 14.0. The Bertz CT molecular complexity index is 1780. The van der Waals surface area contributed by atoms with Crippen molar-refractivity contribution in [3.8, 4) is 5.75 Å². The number of ether oxygens (including phenoxy) is 3. The number of carbonyl (C=O) groups excluding carboxylic acids is 2. The van der Waals surface area contributed by atoms with Crippen molar-refractivity contribution in [2.75, 3.05) is 59.6 Å². The molecule has 0 aliphatic carbocycles. The molecule has 2 saturated heterocycles. The van der Waals surface area contributed by atoms with Gasteiger partial charge in [-0.1, -0.05) is 24.6 Å². The number of aromatic nitrogens is 1. The number of aliphatic hydroxyl groups excluding tert-OH is 1. The molecule has 1 aromatic heterocycles. The van der Waals surface area contributed by atoms with E-state index in [1.54, 1.807) is 16.7 Å². The minimum atomic E-state index is -3.94. The fourth-order valence-electron chi connectivity index (χ4n) is 7.41. The van der Waals surface area contributed by atoms with Gasteiger partial charge in [0, 0.05) is 63.1 Å². The Balaban J connectivity index is 1.20. The van der Waals surface area contributed by atoms with Gasteiger partial charge < -0.3 is 29.1 Å². The molecule has 0 radical (unpaired) electrons. The smallest absolute Gasteiger partial charge is 0.288 e. The van der Waals surface area contributed by atoms with Crippen molar-refractivity contribution in [2.45, 2.75) is 68.6 Å². The number of likely N-dealkylation sites (tertiary alicyclic amines) is 2. The Morgan fingerprint density at radius 2 is 1.70 bits per heavy atom. The van der Waals surface area contributed by atoms with Gasteiger partial charge >= 0.3 is 0 Å². The molecule has 270 valence electrons. The van der Waals surface area contributed by atoms with E-state index in [0.29, 0.717) is 31.3 Å². The fraction of sp³-hybridized carbons (Fsp3) is 0.514. The van der Waals surface area contributed by atoms with Crippen molar-refractivity contribution in [3.63, 3.8) is 0 Å². The number of aliphatic hydroxyl groups is 1. The van der Waals surface area contributed by atoms with Gasteiger partial charge in [-0.2, -0.15) is 4.31 Å². The summed E-state index contributed by atoms with van der Waals surface area (Å²) >= 11 is 0. The first-order chi connectivity index (χ1) is 24.2. The SMILES string of the molecule is COc1ccc(S(=O)(=O)N(CCO)CCOC2CC(c3cn(C(C)=O)c4ccccc34)C=C(C(=O)N3CCC(N4CCCCC4)CC3)O2)cc1. The van der Waals surface area contributed by atoms with E-state index in [0.717, 1.165) is 42.4 Å². The molecular weight excluding hydrogens is 660 g/mol. The summed E-state index contributed by atoms with van der Waals surface area (Å²) in [4.78, 5) is 31.1. The van der Waals surface area contributed by atoms with Crippen LogP contribution in [0.5, 0.6) is 5.75 Å². The summed E-state index contributed by atoms with van der Waals surface area (Å²) in [5.74, 6) is 0.105. The number of hydrogen-bond acceptors (Lipinski definition) is 9. The van der Waals surface area contributed by atoms with Gasteiger partial charge in [0.25, 0.3) is 5.91 Å². The Morgan fingerprint density at radius 1 is 0.980 bits per heavy atom. The predicted molar refractivity (Wildman–Crippen MR) is 188 cm³/mol. The molecule has 13 heteroatoms. The van der Waals surface area contributed by atoms with E-state index in [2.05, 4.69) is 4.90 Å². The van der Waals surface area contributed by atoms with Crippen LogP contribution in [-0.2, 0) is 24.3 Å². The molecule has 2 atom stereocenters. The summed E-state index contributed by atoms with van der Waals surface area (Å²) in [7, 11) is -2.43. The van der Waals surface area contributed by atoms with Gasteiger partial charge in [-0.05, 0) is 80.7 Å². The molecule has 0 spiro atoms. The molecule has 3 aliphatic rings. The predicted octanol–water partition coefficient (Wildman–Crippen LogP) is 4.20. The Kier molecular flexibility index (Phi) is 11.6. The van der Waals surface area contributed by atoms with Gasteiger partial charge in [0.2, 0.25) is 22.2 Å². The number of sulfonamides is 1. The number of para-hydroxylation sites is 1. The van der Waals surface area contributed by atoms with E-state index in [1.807, 2.05) is 41.4 Å². The Hall–Kier alpha value is -3.75. The van der Waals surface area contributed by atoms with Crippen LogP contribution in [0.2, 0.25) is 0 Å². The number of carbonyl (C=O) groups is 2. The summed E-state index contributed by atoms with van der Waals surface area (Å²) in [6.07, 6.45) is 8.74. The molecule has 4 heterocycles. The molecule has 6 rings (SSSR count). The number of hydrogen-bond donors (Lipinski definition) is 1. The van der Waals surface area contributed by atoms with Crippen LogP contribution >= 0.6 is 0 Å². The number of benzene rings is 2. The molecule has 1 amide bonds. The second kappa shape index (κ2) is 16.1. The maximum atomic E-state index is 14.0. The van der Waals surface area contributed by atoms with Crippen molar-refractivity contribution in [1.29, 1.82) is 0 Å². The lowest BCUT2D eigenvalue weighted by Gasteiger charge is -2.40. The molecule has 3 aromatic rings. The quantitative estimate of drug-likeness (QED) is 0.294. The number of piperidine rings is 2. The average Bonchev–Trinajstić information content (AvgIpc) is 3.55. The highest BCUT2D eigenvalue weighted by atomic mass is 32.2. The van der Waals surface area contributed by atoms with Crippen LogP contribution in [0.3, 0.4) is 0 Å². The molecule has 12 nitrogen and oxygen atoms in total. The van der Waals surface area contributed by atoms with Crippen LogP contribution in [0.1, 0.15) is 61.7 Å². The van der Waals surface area contributed by atoms with E-state index in [9.17, 15) is 23.1 Å². The van der Waals surface area contributed by atoms with Crippen LogP contribution in [-0.4, -0.2) is 116 Å². The number of methoxy groups -OCH3 is 1. The topological polar surface area (TPSA) is 131 Å². The molecule has 0 bridgehead atoms. The zero-order chi connectivity index (χ0) is 35.3. The second-order valence-corrected chi connectivity index (χ2v) is 15.1. The minimum Gasteiger partial charge on any atom is -0.497 e. The van der Waals surface area contributed by atoms with Gasteiger partial charge in [0.15, 0.2) is 5.76 Å². The van der Waals surface area contributed by atoms with Crippen molar-refractivity contribution < 1.29 is 37.3 Å². The van der Waals surface area contributed by atoms with Gasteiger partial charge in [0.05, 0.1) is 30.7 Å². The maximum Gasteiger partial charge on any atom is 0.288 e. The molecular formula is C37H48N4O8S. The zero-order valence-electron chi connectivity index (χ0n) is 28.9. The number of amides is 1. The first-order valence-electron chi connectivity index (χ1n) is 17.6. The van der Waals surface area contributed by atoms with Crippen LogP contribution in [0.15, 0.2) is 71.5 Å². The molecule has 2 aromatic carbocycles. The van der Waals surface area contributed by atoms with E-state index in [1.165, 1.54) is 49.7 Å². The summed E-state index contributed by atoms with van der Waals surface area (Å²) in [6, 6.07) is 14.2. The zero-order valence-corrected chi connectivity index (χ0v) is 29.7. The first-order valence-corrected chi connectivity index (χ1v) is 19.0. The number of allylic oxidation sites excluding steroid dienone is 1. The lowest BCUT2D eigenvalue weighted by molar-refractivity contribution is -0.153. The van der Waals surface area contributed by atoms with Crippen LogP contribution < -0.4 is 4.74 Å². The van der Waals surface area contributed by atoms with Crippen molar-refractivity contribution >= 4 is 32.7 Å². The number of rotatable bonds is 12. The van der Waals surface area contributed by atoms with E-state index in [-0.39, 0.29) is 54.7 Å². The fourth-order valence-corrected chi connectivity index (χ4v) is 8.82. The van der Waals surface area contributed by atoms with Crippen LogP contribution in [0.25, 0.3) is 10.9 Å². The normalized spacial score (nSPS) is 20.9. The van der Waals surface area contributed by atoms with Gasteiger partial charge in [0.1, 0.15) is 5.75 Å². The lowest BCUT2D eigenvalue weighted by Crippen LogP contribution is -2.49. The van der Waals surface area contributed by atoms with Gasteiger partial charge in [-0.25, -0.2) is 8.42 Å². The van der Waals surface area contributed by atoms with E-state index >= 15 is 0 Å².